The van der Waals surface area contributed by atoms with E-state index in [1.54, 1.807) is 36.4 Å². The van der Waals surface area contributed by atoms with Gasteiger partial charge < -0.3 is 9.47 Å². The van der Waals surface area contributed by atoms with Crippen LogP contribution in [0.2, 0.25) is 0 Å². The highest BCUT2D eigenvalue weighted by atomic mass is 16.6. The van der Waals surface area contributed by atoms with Crippen molar-refractivity contribution in [3.63, 3.8) is 0 Å². The summed E-state index contributed by atoms with van der Waals surface area (Å²) in [7, 11) is 0. The number of para-hydroxylation sites is 1. The zero-order valence-electron chi connectivity index (χ0n) is 12.7. The van der Waals surface area contributed by atoms with Crippen LogP contribution in [0.3, 0.4) is 0 Å². The Morgan fingerprint density at radius 1 is 1.00 bits per heavy atom. The Labute approximate surface area is 129 Å². The third-order valence-electron chi connectivity index (χ3n) is 3.17. The van der Waals surface area contributed by atoms with Crippen LogP contribution in [0, 0.1) is 6.92 Å². The predicted octanol–water partition coefficient (Wildman–Crippen LogP) is 3.57. The highest BCUT2D eigenvalue weighted by Crippen LogP contribution is 2.17. The Morgan fingerprint density at radius 2 is 1.68 bits per heavy atom. The van der Waals surface area contributed by atoms with Crippen molar-refractivity contribution in [3.8, 4) is 11.5 Å². The molecule has 0 saturated heterocycles. The van der Waals surface area contributed by atoms with E-state index in [0.717, 1.165) is 5.56 Å². The molecule has 0 unspecified atom stereocenters. The molecule has 0 spiro atoms. The van der Waals surface area contributed by atoms with Crippen LogP contribution < -0.4 is 9.47 Å². The van der Waals surface area contributed by atoms with Crippen molar-refractivity contribution in [2.45, 2.75) is 20.3 Å². The van der Waals surface area contributed by atoms with E-state index in [-0.39, 0.29) is 12.4 Å². The highest BCUT2D eigenvalue weighted by molar-refractivity contribution is 5.95. The molecular formula is C18H18O4. The molecule has 0 heterocycles. The molecule has 0 radical (unpaired) electrons. The fourth-order valence-corrected chi connectivity index (χ4v) is 1.91. The molecule has 2 aromatic rings. The van der Waals surface area contributed by atoms with Gasteiger partial charge in [-0.3, -0.25) is 4.79 Å². The van der Waals surface area contributed by atoms with Crippen LogP contribution in [-0.4, -0.2) is 18.4 Å². The lowest BCUT2D eigenvalue weighted by atomic mass is 10.1. The van der Waals surface area contributed by atoms with Gasteiger partial charge in [0.1, 0.15) is 11.5 Å². The fourth-order valence-electron chi connectivity index (χ4n) is 1.91. The number of aryl methyl sites for hydroxylation is 1. The molecule has 0 aliphatic rings. The standard InChI is InChI=1S/C18H18O4/c1-3-16(19)14-8-10-15(11-9-14)21-12-18(20)22-17-7-5-4-6-13(17)2/h4-11H,3,12H2,1-2H3. The van der Waals surface area contributed by atoms with Gasteiger partial charge in [0.25, 0.3) is 0 Å². The molecule has 2 rings (SSSR count). The first-order valence-electron chi connectivity index (χ1n) is 7.12. The average molecular weight is 298 g/mol. The molecular weight excluding hydrogens is 280 g/mol. The van der Waals surface area contributed by atoms with E-state index in [9.17, 15) is 9.59 Å². The first-order valence-corrected chi connectivity index (χ1v) is 7.12. The van der Waals surface area contributed by atoms with E-state index in [2.05, 4.69) is 0 Å². The SMILES string of the molecule is CCC(=O)c1ccc(OCC(=O)Oc2ccccc2C)cc1. The molecule has 0 aliphatic carbocycles. The highest BCUT2D eigenvalue weighted by Gasteiger charge is 2.08. The number of hydrogen-bond donors (Lipinski definition) is 0. The van der Waals surface area contributed by atoms with Crippen LogP contribution in [0.15, 0.2) is 48.5 Å². The molecule has 0 bridgehead atoms. The van der Waals surface area contributed by atoms with Crippen molar-refractivity contribution in [2.75, 3.05) is 6.61 Å². The van der Waals surface area contributed by atoms with Gasteiger partial charge in [-0.15, -0.1) is 0 Å². The van der Waals surface area contributed by atoms with Crippen LogP contribution in [0.5, 0.6) is 11.5 Å². The van der Waals surface area contributed by atoms with E-state index in [4.69, 9.17) is 9.47 Å². The topological polar surface area (TPSA) is 52.6 Å². The second-order valence-electron chi connectivity index (χ2n) is 4.83. The van der Waals surface area contributed by atoms with Gasteiger partial charge in [0.2, 0.25) is 0 Å². The summed E-state index contributed by atoms with van der Waals surface area (Å²) < 4.78 is 10.6. The number of carbonyl (C=O) groups excluding carboxylic acids is 2. The Morgan fingerprint density at radius 3 is 2.32 bits per heavy atom. The molecule has 0 aliphatic heterocycles. The Kier molecular flexibility index (Phi) is 5.31. The van der Waals surface area contributed by atoms with Crippen molar-refractivity contribution in [1.82, 2.24) is 0 Å². The van der Waals surface area contributed by atoms with Crippen molar-refractivity contribution in [2.24, 2.45) is 0 Å². The zero-order valence-corrected chi connectivity index (χ0v) is 12.7. The summed E-state index contributed by atoms with van der Waals surface area (Å²) >= 11 is 0. The summed E-state index contributed by atoms with van der Waals surface area (Å²) in [5.41, 5.74) is 1.52. The third-order valence-corrected chi connectivity index (χ3v) is 3.17. The van der Waals surface area contributed by atoms with Gasteiger partial charge in [-0.1, -0.05) is 25.1 Å². The average Bonchev–Trinajstić information content (AvgIpc) is 2.55. The lowest BCUT2D eigenvalue weighted by Crippen LogP contribution is -2.18. The molecule has 2 aromatic carbocycles. The van der Waals surface area contributed by atoms with E-state index >= 15 is 0 Å². The molecule has 0 fully saturated rings. The lowest BCUT2D eigenvalue weighted by Gasteiger charge is -2.08. The lowest BCUT2D eigenvalue weighted by molar-refractivity contribution is -0.136. The molecule has 0 amide bonds. The fraction of sp³-hybridized carbons (Fsp3) is 0.222. The molecule has 4 heteroatoms. The molecule has 0 saturated carbocycles. The van der Waals surface area contributed by atoms with Gasteiger partial charge >= 0.3 is 5.97 Å². The first kappa shape index (κ1) is 15.8. The van der Waals surface area contributed by atoms with E-state index in [1.165, 1.54) is 0 Å². The predicted molar refractivity (Wildman–Crippen MR) is 83.4 cm³/mol. The largest absolute Gasteiger partial charge is 0.482 e. The Bertz CT molecular complexity index is 659. The molecule has 0 N–H and O–H groups in total. The first-order chi connectivity index (χ1) is 10.6. The van der Waals surface area contributed by atoms with Gasteiger partial charge in [-0.25, -0.2) is 4.79 Å². The second-order valence-corrected chi connectivity index (χ2v) is 4.83. The van der Waals surface area contributed by atoms with E-state index in [0.29, 0.717) is 23.5 Å². The minimum Gasteiger partial charge on any atom is -0.482 e. The normalized spacial score (nSPS) is 10.1. The van der Waals surface area contributed by atoms with Crippen molar-refractivity contribution in [1.29, 1.82) is 0 Å². The van der Waals surface area contributed by atoms with Crippen molar-refractivity contribution in [3.05, 3.63) is 59.7 Å². The second kappa shape index (κ2) is 7.41. The summed E-state index contributed by atoms with van der Waals surface area (Å²) in [6.45, 7) is 3.50. The maximum atomic E-state index is 11.8. The summed E-state index contributed by atoms with van der Waals surface area (Å²) in [5, 5.41) is 0. The zero-order chi connectivity index (χ0) is 15.9. The van der Waals surface area contributed by atoms with Gasteiger partial charge in [-0.2, -0.15) is 0 Å². The maximum absolute atomic E-state index is 11.8. The smallest absolute Gasteiger partial charge is 0.349 e. The van der Waals surface area contributed by atoms with Crippen LogP contribution in [0.1, 0.15) is 29.3 Å². The number of Topliss-reactive ketones (excluding diaryl/α,β-unsaturated/α-hetero) is 1. The summed E-state index contributed by atoms with van der Waals surface area (Å²) in [6, 6.07) is 14.0. The number of ether oxygens (including phenoxy) is 2. The van der Waals surface area contributed by atoms with Gasteiger partial charge in [0.05, 0.1) is 0 Å². The summed E-state index contributed by atoms with van der Waals surface area (Å²) in [4.78, 5) is 23.3. The molecule has 0 aromatic heterocycles. The third kappa shape index (κ3) is 4.19. The van der Waals surface area contributed by atoms with Crippen LogP contribution in [0.4, 0.5) is 0 Å². The number of carbonyl (C=O) groups is 2. The number of hydrogen-bond acceptors (Lipinski definition) is 4. The number of rotatable bonds is 6. The number of benzene rings is 2. The monoisotopic (exact) mass is 298 g/mol. The van der Waals surface area contributed by atoms with Crippen molar-refractivity contribution < 1.29 is 19.1 Å². The number of ketones is 1. The van der Waals surface area contributed by atoms with Gasteiger partial charge in [0, 0.05) is 12.0 Å². The Hall–Kier alpha value is -2.62. The number of esters is 1. The molecule has 0 atom stereocenters. The quantitative estimate of drug-likeness (QED) is 0.465. The van der Waals surface area contributed by atoms with Gasteiger partial charge in [0.15, 0.2) is 12.4 Å². The Balaban J connectivity index is 1.89. The van der Waals surface area contributed by atoms with E-state index < -0.39 is 5.97 Å². The molecule has 4 nitrogen and oxygen atoms in total. The van der Waals surface area contributed by atoms with Gasteiger partial charge in [-0.05, 0) is 42.8 Å². The summed E-state index contributed by atoms with van der Waals surface area (Å²) in [5.74, 6) is 0.655. The maximum Gasteiger partial charge on any atom is 0.349 e. The van der Waals surface area contributed by atoms with Crippen LogP contribution >= 0.6 is 0 Å². The molecule has 114 valence electrons. The van der Waals surface area contributed by atoms with Crippen molar-refractivity contribution >= 4 is 11.8 Å². The van der Waals surface area contributed by atoms with Crippen LogP contribution in [-0.2, 0) is 4.79 Å². The summed E-state index contributed by atoms with van der Waals surface area (Å²) in [6.07, 6.45) is 0.461. The molecule has 22 heavy (non-hydrogen) atoms. The van der Waals surface area contributed by atoms with Crippen LogP contribution in [0.25, 0.3) is 0 Å². The van der Waals surface area contributed by atoms with E-state index in [1.807, 2.05) is 26.0 Å². The minimum absolute atomic E-state index is 0.0745. The minimum atomic E-state index is -0.469.